The standard InChI is InChI=1S/C26H34N2O3/c1-16-22(25(30)31-19-8-6-7-9-19)23(17-10-12-18(13-11-17)28(4)5)24-20(27-16)14-26(2,3)15-21(24)29/h10-14,19,23-24,27H,6-9,15H2,1-5H3. The van der Waals surface area contributed by atoms with Crippen molar-refractivity contribution in [3.8, 4) is 0 Å². The van der Waals surface area contributed by atoms with Crippen molar-refractivity contribution >= 4 is 17.4 Å². The van der Waals surface area contributed by atoms with E-state index in [9.17, 15) is 9.59 Å². The van der Waals surface area contributed by atoms with Gasteiger partial charge in [0.15, 0.2) is 0 Å². The molecule has 0 radical (unpaired) electrons. The lowest BCUT2D eigenvalue weighted by atomic mass is 9.66. The Balaban J connectivity index is 1.78. The molecule has 0 aromatic heterocycles. The molecular formula is C26H34N2O3. The molecule has 5 heteroatoms. The third-order valence-corrected chi connectivity index (χ3v) is 6.80. The number of anilines is 1. The third kappa shape index (κ3) is 4.28. The van der Waals surface area contributed by atoms with Gasteiger partial charge in [0.1, 0.15) is 11.9 Å². The highest BCUT2D eigenvalue weighted by molar-refractivity contribution is 5.96. The molecule has 3 aliphatic rings. The quantitative estimate of drug-likeness (QED) is 0.713. The number of hydrogen-bond acceptors (Lipinski definition) is 5. The van der Waals surface area contributed by atoms with Gasteiger partial charge in [-0.2, -0.15) is 0 Å². The SMILES string of the molecule is CC1=C(C(=O)OC2CCCC2)C(c2ccc(N(C)C)cc2)C2C(=O)CC(C)(C)C=C2N1. The van der Waals surface area contributed by atoms with E-state index in [-0.39, 0.29) is 35.1 Å². The van der Waals surface area contributed by atoms with Crippen LogP contribution >= 0.6 is 0 Å². The molecule has 0 spiro atoms. The number of allylic oxidation sites excluding steroid dienone is 3. The largest absolute Gasteiger partial charge is 0.459 e. The van der Waals surface area contributed by atoms with E-state index >= 15 is 0 Å². The Morgan fingerprint density at radius 1 is 1.10 bits per heavy atom. The molecule has 1 heterocycles. The number of carbonyl (C=O) groups excluding carboxylic acids is 2. The van der Waals surface area contributed by atoms with Crippen molar-refractivity contribution in [1.82, 2.24) is 5.32 Å². The van der Waals surface area contributed by atoms with Crippen LogP contribution in [0, 0.1) is 11.3 Å². The second-order valence-electron chi connectivity index (χ2n) is 10.1. The fourth-order valence-corrected chi connectivity index (χ4v) is 5.30. The van der Waals surface area contributed by atoms with E-state index in [1.165, 1.54) is 0 Å². The fourth-order valence-electron chi connectivity index (χ4n) is 5.30. The number of fused-ring (bicyclic) bond motifs is 1. The van der Waals surface area contributed by atoms with Gasteiger partial charge < -0.3 is 15.0 Å². The summed E-state index contributed by atoms with van der Waals surface area (Å²) in [4.78, 5) is 28.8. The summed E-state index contributed by atoms with van der Waals surface area (Å²) in [5.41, 5.74) is 4.17. The Labute approximate surface area is 185 Å². The van der Waals surface area contributed by atoms with Crippen LogP contribution < -0.4 is 10.2 Å². The van der Waals surface area contributed by atoms with Crippen LogP contribution in [0.5, 0.6) is 0 Å². The molecule has 2 unspecified atom stereocenters. The second-order valence-corrected chi connectivity index (χ2v) is 10.1. The molecule has 5 nitrogen and oxygen atoms in total. The summed E-state index contributed by atoms with van der Waals surface area (Å²) in [6.07, 6.45) is 6.69. The lowest BCUT2D eigenvalue weighted by Gasteiger charge is -2.41. The Hall–Kier alpha value is -2.56. The number of Topliss-reactive ketones (excluding diaryl/α,β-unsaturated/α-hetero) is 1. The summed E-state index contributed by atoms with van der Waals surface area (Å²) in [6.45, 7) is 6.09. The monoisotopic (exact) mass is 422 g/mol. The molecular weight excluding hydrogens is 388 g/mol. The van der Waals surface area contributed by atoms with Crippen LogP contribution in [-0.2, 0) is 14.3 Å². The van der Waals surface area contributed by atoms with Gasteiger partial charge in [0, 0.05) is 43.5 Å². The van der Waals surface area contributed by atoms with Gasteiger partial charge in [-0.05, 0) is 55.7 Å². The maximum atomic E-state index is 13.4. The highest BCUT2D eigenvalue weighted by Crippen LogP contribution is 2.47. The number of nitrogens with zero attached hydrogens (tertiary/aromatic N) is 1. The average Bonchev–Trinajstić information content (AvgIpc) is 3.18. The topological polar surface area (TPSA) is 58.6 Å². The summed E-state index contributed by atoms with van der Waals surface area (Å²) >= 11 is 0. The van der Waals surface area contributed by atoms with E-state index < -0.39 is 0 Å². The smallest absolute Gasteiger partial charge is 0.336 e. The number of benzene rings is 1. The van der Waals surface area contributed by atoms with Crippen LogP contribution in [0.25, 0.3) is 0 Å². The van der Waals surface area contributed by atoms with Crippen LogP contribution in [-0.4, -0.2) is 32.0 Å². The van der Waals surface area contributed by atoms with Crippen molar-refractivity contribution < 1.29 is 14.3 Å². The molecule has 166 valence electrons. The summed E-state index contributed by atoms with van der Waals surface area (Å²) in [5, 5.41) is 3.40. The molecule has 31 heavy (non-hydrogen) atoms. The minimum absolute atomic E-state index is 0.0116. The van der Waals surface area contributed by atoms with Gasteiger partial charge in [0.25, 0.3) is 0 Å². The van der Waals surface area contributed by atoms with Crippen molar-refractivity contribution in [2.75, 3.05) is 19.0 Å². The van der Waals surface area contributed by atoms with Crippen molar-refractivity contribution in [1.29, 1.82) is 0 Å². The van der Waals surface area contributed by atoms with Crippen LogP contribution in [0.3, 0.4) is 0 Å². The van der Waals surface area contributed by atoms with Crippen LogP contribution in [0.4, 0.5) is 5.69 Å². The number of ether oxygens (including phenoxy) is 1. The van der Waals surface area contributed by atoms with Gasteiger partial charge in [0.2, 0.25) is 0 Å². The lowest BCUT2D eigenvalue weighted by molar-refractivity contribution is -0.144. The van der Waals surface area contributed by atoms with E-state index in [0.717, 1.165) is 48.3 Å². The molecule has 1 N–H and O–H groups in total. The van der Waals surface area contributed by atoms with Crippen molar-refractivity contribution in [3.63, 3.8) is 0 Å². The highest BCUT2D eigenvalue weighted by atomic mass is 16.5. The first-order chi connectivity index (χ1) is 14.7. The van der Waals surface area contributed by atoms with Crippen molar-refractivity contribution in [2.24, 2.45) is 11.3 Å². The van der Waals surface area contributed by atoms with Gasteiger partial charge in [-0.1, -0.05) is 32.1 Å². The molecule has 1 aromatic carbocycles. The van der Waals surface area contributed by atoms with Gasteiger partial charge in [0.05, 0.1) is 11.5 Å². The van der Waals surface area contributed by atoms with Gasteiger partial charge in [-0.3, -0.25) is 4.79 Å². The Bertz CT molecular complexity index is 934. The highest BCUT2D eigenvalue weighted by Gasteiger charge is 2.46. The van der Waals surface area contributed by atoms with E-state index in [1.807, 2.05) is 50.2 Å². The molecule has 4 rings (SSSR count). The fraction of sp³-hybridized carbons (Fsp3) is 0.538. The molecule has 1 aliphatic heterocycles. The predicted molar refractivity (Wildman–Crippen MR) is 123 cm³/mol. The Kier molecular flexibility index (Phi) is 5.71. The molecule has 0 amide bonds. The van der Waals surface area contributed by atoms with Crippen LogP contribution in [0.2, 0.25) is 0 Å². The van der Waals surface area contributed by atoms with Crippen molar-refractivity contribution in [2.45, 2.75) is 64.9 Å². The number of rotatable bonds is 4. The van der Waals surface area contributed by atoms with E-state index in [0.29, 0.717) is 12.0 Å². The van der Waals surface area contributed by atoms with E-state index in [4.69, 9.17) is 4.74 Å². The first-order valence-corrected chi connectivity index (χ1v) is 11.4. The number of carbonyl (C=O) groups is 2. The first-order valence-electron chi connectivity index (χ1n) is 11.4. The van der Waals surface area contributed by atoms with Crippen molar-refractivity contribution in [3.05, 3.63) is 52.9 Å². The minimum Gasteiger partial charge on any atom is -0.459 e. The van der Waals surface area contributed by atoms with Gasteiger partial charge in [-0.15, -0.1) is 0 Å². The molecule has 1 saturated carbocycles. The average molecular weight is 423 g/mol. The maximum absolute atomic E-state index is 13.4. The number of ketones is 1. The van der Waals surface area contributed by atoms with Gasteiger partial charge >= 0.3 is 5.97 Å². The first kappa shape index (κ1) is 21.7. The number of hydrogen-bond donors (Lipinski definition) is 1. The van der Waals surface area contributed by atoms with E-state index in [2.05, 4.69) is 25.2 Å². The lowest BCUT2D eigenvalue weighted by Crippen LogP contribution is -2.43. The second kappa shape index (κ2) is 8.18. The Morgan fingerprint density at radius 3 is 2.35 bits per heavy atom. The zero-order valence-electron chi connectivity index (χ0n) is 19.3. The summed E-state index contributed by atoms with van der Waals surface area (Å²) < 4.78 is 5.92. The van der Waals surface area contributed by atoms with Gasteiger partial charge in [-0.25, -0.2) is 4.79 Å². The predicted octanol–water partition coefficient (Wildman–Crippen LogP) is 4.70. The van der Waals surface area contributed by atoms with E-state index in [1.54, 1.807) is 0 Å². The normalized spacial score (nSPS) is 25.6. The summed E-state index contributed by atoms with van der Waals surface area (Å²) in [6, 6.07) is 8.19. The molecule has 2 aliphatic carbocycles. The Morgan fingerprint density at radius 2 is 1.74 bits per heavy atom. The molecule has 1 aromatic rings. The van der Waals surface area contributed by atoms with Crippen LogP contribution in [0.15, 0.2) is 47.3 Å². The summed E-state index contributed by atoms with van der Waals surface area (Å²) in [5.74, 6) is -0.820. The third-order valence-electron chi connectivity index (χ3n) is 6.80. The molecule has 0 bridgehead atoms. The molecule has 1 fully saturated rings. The molecule has 0 saturated heterocycles. The molecule has 2 atom stereocenters. The minimum atomic E-state index is -0.381. The summed E-state index contributed by atoms with van der Waals surface area (Å²) in [7, 11) is 4.00. The number of esters is 1. The zero-order valence-corrected chi connectivity index (χ0v) is 19.3. The van der Waals surface area contributed by atoms with Crippen LogP contribution in [0.1, 0.15) is 64.4 Å². The number of nitrogens with one attached hydrogen (secondary N) is 1. The zero-order chi connectivity index (χ0) is 22.3. The maximum Gasteiger partial charge on any atom is 0.336 e.